The second-order valence-electron chi connectivity index (χ2n) is 6.37. The average molecular weight is 389 g/mol. The SMILES string of the molecule is Cc1noc(C)c1S(=O)(=O)N1CCN(C(=S)NC[C@@H]2CCCO2)CC1. The zero-order valence-corrected chi connectivity index (χ0v) is 16.2. The Morgan fingerprint density at radius 1 is 1.32 bits per heavy atom. The molecule has 2 aliphatic heterocycles. The van der Waals surface area contributed by atoms with E-state index in [0.717, 1.165) is 19.4 Å². The van der Waals surface area contributed by atoms with E-state index < -0.39 is 10.0 Å². The van der Waals surface area contributed by atoms with Gasteiger partial charge in [-0.15, -0.1) is 0 Å². The van der Waals surface area contributed by atoms with Gasteiger partial charge < -0.3 is 19.5 Å². The Balaban J connectivity index is 1.55. The molecule has 3 rings (SSSR count). The van der Waals surface area contributed by atoms with Gasteiger partial charge in [0.15, 0.2) is 10.9 Å². The van der Waals surface area contributed by atoms with Crippen molar-refractivity contribution in [3.63, 3.8) is 0 Å². The van der Waals surface area contributed by atoms with Gasteiger partial charge in [0.1, 0.15) is 10.6 Å². The molecule has 0 bridgehead atoms. The number of ether oxygens (including phenoxy) is 1. The first-order valence-corrected chi connectivity index (χ1v) is 10.3. The van der Waals surface area contributed by atoms with Crippen LogP contribution in [0, 0.1) is 13.8 Å². The molecule has 25 heavy (non-hydrogen) atoms. The van der Waals surface area contributed by atoms with Gasteiger partial charge in [-0.05, 0) is 38.9 Å². The van der Waals surface area contributed by atoms with Crippen LogP contribution in [0.5, 0.6) is 0 Å². The van der Waals surface area contributed by atoms with Crippen LogP contribution in [-0.4, -0.2) is 73.3 Å². The minimum Gasteiger partial charge on any atom is -0.376 e. The standard InChI is InChI=1S/C15H24N4O4S2/c1-11-14(12(2)23-17-11)25(20,21)19-7-5-18(6-8-19)15(24)16-10-13-4-3-9-22-13/h13H,3-10H2,1-2H3,(H,16,24)/t13-/m0/s1. The maximum Gasteiger partial charge on any atom is 0.248 e. The molecule has 140 valence electrons. The molecule has 0 unspecified atom stereocenters. The topological polar surface area (TPSA) is 87.9 Å². The summed E-state index contributed by atoms with van der Waals surface area (Å²) in [7, 11) is -3.59. The van der Waals surface area contributed by atoms with Crippen molar-refractivity contribution < 1.29 is 17.7 Å². The maximum absolute atomic E-state index is 12.8. The summed E-state index contributed by atoms with van der Waals surface area (Å²) in [6.45, 7) is 6.66. The van der Waals surface area contributed by atoms with Gasteiger partial charge in [-0.1, -0.05) is 5.16 Å². The Labute approximate surface area is 153 Å². The van der Waals surface area contributed by atoms with E-state index >= 15 is 0 Å². The van der Waals surface area contributed by atoms with Crippen LogP contribution in [-0.2, 0) is 14.8 Å². The van der Waals surface area contributed by atoms with E-state index in [4.69, 9.17) is 21.5 Å². The smallest absolute Gasteiger partial charge is 0.248 e. The first kappa shape index (κ1) is 18.6. The third-order valence-corrected chi connectivity index (χ3v) is 7.14. The van der Waals surface area contributed by atoms with E-state index in [9.17, 15) is 8.42 Å². The molecule has 0 amide bonds. The Bertz CT molecular complexity index is 700. The van der Waals surface area contributed by atoms with Crippen LogP contribution in [0.4, 0.5) is 0 Å². The number of hydrogen-bond acceptors (Lipinski definition) is 6. The van der Waals surface area contributed by atoms with E-state index in [2.05, 4.69) is 10.5 Å². The van der Waals surface area contributed by atoms with Gasteiger partial charge in [0.25, 0.3) is 0 Å². The van der Waals surface area contributed by atoms with Gasteiger partial charge in [0.2, 0.25) is 10.0 Å². The lowest BCUT2D eigenvalue weighted by molar-refractivity contribution is 0.113. The lowest BCUT2D eigenvalue weighted by Gasteiger charge is -2.35. The molecule has 0 radical (unpaired) electrons. The summed E-state index contributed by atoms with van der Waals surface area (Å²) in [5.41, 5.74) is 0.397. The molecule has 1 aromatic rings. The lowest BCUT2D eigenvalue weighted by atomic mass is 10.2. The van der Waals surface area contributed by atoms with Crippen LogP contribution in [0.25, 0.3) is 0 Å². The number of thiocarbonyl (C=S) groups is 1. The summed E-state index contributed by atoms with van der Waals surface area (Å²) in [5, 5.41) is 7.64. The first-order valence-electron chi connectivity index (χ1n) is 8.47. The molecule has 2 saturated heterocycles. The van der Waals surface area contributed by atoms with Crippen molar-refractivity contribution in [2.24, 2.45) is 0 Å². The summed E-state index contributed by atoms with van der Waals surface area (Å²) in [4.78, 5) is 2.18. The van der Waals surface area contributed by atoms with Gasteiger partial charge in [0.05, 0.1) is 6.10 Å². The van der Waals surface area contributed by atoms with Crippen LogP contribution in [0.3, 0.4) is 0 Å². The fourth-order valence-electron chi connectivity index (χ4n) is 3.22. The maximum atomic E-state index is 12.8. The number of nitrogens with zero attached hydrogens (tertiary/aromatic N) is 3. The number of aromatic nitrogens is 1. The van der Waals surface area contributed by atoms with Crippen molar-refractivity contribution in [3.05, 3.63) is 11.5 Å². The van der Waals surface area contributed by atoms with Gasteiger partial charge in [-0.2, -0.15) is 4.31 Å². The summed E-state index contributed by atoms with van der Waals surface area (Å²) >= 11 is 5.43. The molecule has 0 spiro atoms. The quantitative estimate of drug-likeness (QED) is 0.753. The Morgan fingerprint density at radius 2 is 2.04 bits per heavy atom. The number of sulfonamides is 1. The first-order chi connectivity index (χ1) is 11.9. The number of nitrogens with one attached hydrogen (secondary N) is 1. The molecular weight excluding hydrogens is 364 g/mol. The van der Waals surface area contributed by atoms with E-state index in [0.29, 0.717) is 49.3 Å². The highest BCUT2D eigenvalue weighted by Gasteiger charge is 2.33. The molecule has 2 aliphatic rings. The molecule has 1 N–H and O–H groups in total. The summed E-state index contributed by atoms with van der Waals surface area (Å²) < 4.78 is 37.7. The highest BCUT2D eigenvalue weighted by Crippen LogP contribution is 2.24. The third kappa shape index (κ3) is 3.97. The molecule has 2 fully saturated rings. The predicted molar refractivity (Wildman–Crippen MR) is 95.9 cm³/mol. The molecule has 0 aromatic carbocycles. The van der Waals surface area contributed by atoms with Crippen LogP contribution < -0.4 is 5.32 Å². The zero-order chi connectivity index (χ0) is 18.0. The molecule has 1 atom stereocenters. The molecule has 0 saturated carbocycles. The van der Waals surface area contributed by atoms with Crippen LogP contribution in [0.2, 0.25) is 0 Å². The van der Waals surface area contributed by atoms with Crippen molar-refractivity contribution in [3.8, 4) is 0 Å². The van der Waals surface area contributed by atoms with Crippen molar-refractivity contribution >= 4 is 27.4 Å². The number of rotatable bonds is 4. The van der Waals surface area contributed by atoms with E-state index in [-0.39, 0.29) is 11.0 Å². The number of piperazine rings is 1. The minimum atomic E-state index is -3.59. The van der Waals surface area contributed by atoms with Crippen molar-refractivity contribution in [1.82, 2.24) is 19.7 Å². The largest absolute Gasteiger partial charge is 0.376 e. The van der Waals surface area contributed by atoms with Crippen molar-refractivity contribution in [2.75, 3.05) is 39.3 Å². The van der Waals surface area contributed by atoms with E-state index in [1.807, 2.05) is 4.90 Å². The van der Waals surface area contributed by atoms with Crippen LogP contribution in [0.15, 0.2) is 9.42 Å². The normalized spacial score (nSPS) is 22.3. The second-order valence-corrected chi connectivity index (χ2v) is 8.63. The Morgan fingerprint density at radius 3 is 2.60 bits per heavy atom. The highest BCUT2D eigenvalue weighted by molar-refractivity contribution is 7.89. The molecule has 3 heterocycles. The van der Waals surface area contributed by atoms with E-state index in [1.54, 1.807) is 13.8 Å². The lowest BCUT2D eigenvalue weighted by Crippen LogP contribution is -2.53. The van der Waals surface area contributed by atoms with Gasteiger partial charge in [0, 0.05) is 39.3 Å². The van der Waals surface area contributed by atoms with Gasteiger partial charge >= 0.3 is 0 Å². The predicted octanol–water partition coefficient (Wildman–Crippen LogP) is 0.651. The molecular formula is C15H24N4O4S2. The minimum absolute atomic E-state index is 0.181. The monoisotopic (exact) mass is 388 g/mol. The van der Waals surface area contributed by atoms with Crippen molar-refractivity contribution in [1.29, 1.82) is 0 Å². The average Bonchev–Trinajstić information content (AvgIpc) is 3.22. The van der Waals surface area contributed by atoms with Crippen LogP contribution >= 0.6 is 12.2 Å². The summed E-state index contributed by atoms with van der Waals surface area (Å²) in [5.74, 6) is 0.327. The highest BCUT2D eigenvalue weighted by atomic mass is 32.2. The molecule has 10 heteroatoms. The van der Waals surface area contributed by atoms with Crippen LogP contribution in [0.1, 0.15) is 24.3 Å². The molecule has 0 aliphatic carbocycles. The Kier molecular flexibility index (Phi) is 5.62. The molecule has 8 nitrogen and oxygen atoms in total. The third-order valence-electron chi connectivity index (χ3n) is 4.60. The summed E-state index contributed by atoms with van der Waals surface area (Å²) in [6, 6.07) is 0. The number of hydrogen-bond donors (Lipinski definition) is 1. The fraction of sp³-hybridized carbons (Fsp3) is 0.733. The summed E-state index contributed by atoms with van der Waals surface area (Å²) in [6.07, 6.45) is 2.37. The zero-order valence-electron chi connectivity index (χ0n) is 14.5. The fourth-order valence-corrected chi connectivity index (χ4v) is 5.20. The second kappa shape index (κ2) is 7.56. The van der Waals surface area contributed by atoms with E-state index in [1.165, 1.54) is 4.31 Å². The molecule has 1 aromatic heterocycles. The van der Waals surface area contributed by atoms with Gasteiger partial charge in [-0.3, -0.25) is 0 Å². The number of aryl methyl sites for hydroxylation is 2. The van der Waals surface area contributed by atoms with Gasteiger partial charge in [-0.25, -0.2) is 8.42 Å². The van der Waals surface area contributed by atoms with Crippen molar-refractivity contribution in [2.45, 2.75) is 37.7 Å². The Hall–Kier alpha value is -1.23.